The molecule has 1 N–H and O–H groups in total. The van der Waals surface area contributed by atoms with Crippen molar-refractivity contribution in [3.05, 3.63) is 83.8 Å². The zero-order valence-corrected chi connectivity index (χ0v) is 15.9. The lowest BCUT2D eigenvalue weighted by molar-refractivity contribution is 0.100. The molecule has 0 aliphatic carbocycles. The van der Waals surface area contributed by atoms with Gasteiger partial charge >= 0.3 is 0 Å². The lowest BCUT2D eigenvalue weighted by Gasteiger charge is -2.21. The van der Waals surface area contributed by atoms with E-state index in [9.17, 15) is 9.59 Å². The van der Waals surface area contributed by atoms with Crippen molar-refractivity contribution in [3.8, 4) is 0 Å². The standard InChI is InChI=1S/C22H22N4O2/c1-3-26(15-17-8-5-4-6-9-17)21-14-23-20(13-24-21)22(28)25-19-11-7-10-18(12-19)16(2)27/h4-14H,3,15H2,1-2H3,(H,25,28). The fourth-order valence-electron chi connectivity index (χ4n) is 2.77. The Morgan fingerprint density at radius 3 is 2.43 bits per heavy atom. The van der Waals surface area contributed by atoms with Gasteiger partial charge in [0.15, 0.2) is 5.78 Å². The molecule has 6 nitrogen and oxygen atoms in total. The topological polar surface area (TPSA) is 75.2 Å². The van der Waals surface area contributed by atoms with E-state index in [-0.39, 0.29) is 17.4 Å². The predicted molar refractivity (Wildman–Crippen MR) is 110 cm³/mol. The van der Waals surface area contributed by atoms with E-state index in [4.69, 9.17) is 0 Å². The molecule has 1 aromatic heterocycles. The molecule has 1 amide bonds. The van der Waals surface area contributed by atoms with Crippen molar-refractivity contribution < 1.29 is 9.59 Å². The van der Waals surface area contributed by atoms with Gasteiger partial charge in [0.25, 0.3) is 5.91 Å². The average molecular weight is 374 g/mol. The van der Waals surface area contributed by atoms with Gasteiger partial charge in [0.2, 0.25) is 0 Å². The molecule has 0 spiro atoms. The second kappa shape index (κ2) is 8.90. The number of hydrogen-bond donors (Lipinski definition) is 1. The molecule has 0 saturated heterocycles. The number of ketones is 1. The van der Waals surface area contributed by atoms with Gasteiger partial charge in [-0.05, 0) is 31.5 Å². The summed E-state index contributed by atoms with van der Waals surface area (Å²) in [6.45, 7) is 5.02. The number of Topliss-reactive ketones (excluding diaryl/α,β-unsaturated/α-hetero) is 1. The van der Waals surface area contributed by atoms with Crippen LogP contribution in [0.4, 0.5) is 11.5 Å². The van der Waals surface area contributed by atoms with Crippen molar-refractivity contribution in [1.82, 2.24) is 9.97 Å². The molecule has 28 heavy (non-hydrogen) atoms. The van der Waals surface area contributed by atoms with Gasteiger partial charge in [-0.1, -0.05) is 42.5 Å². The third-order valence-corrected chi connectivity index (χ3v) is 4.32. The largest absolute Gasteiger partial charge is 0.351 e. The molecule has 1 heterocycles. The van der Waals surface area contributed by atoms with Gasteiger partial charge in [0.1, 0.15) is 11.5 Å². The molecule has 0 radical (unpaired) electrons. The molecule has 3 rings (SSSR count). The molecular weight excluding hydrogens is 352 g/mol. The molecule has 6 heteroatoms. The lowest BCUT2D eigenvalue weighted by atomic mass is 10.1. The van der Waals surface area contributed by atoms with Crippen LogP contribution in [0.5, 0.6) is 0 Å². The number of nitrogens with zero attached hydrogens (tertiary/aromatic N) is 3. The Bertz CT molecular complexity index is 956. The van der Waals surface area contributed by atoms with Crippen LogP contribution in [0.15, 0.2) is 67.0 Å². The number of amides is 1. The Kier molecular flexibility index (Phi) is 6.11. The van der Waals surface area contributed by atoms with Crippen LogP contribution in [-0.2, 0) is 6.54 Å². The molecule has 0 aliphatic rings. The summed E-state index contributed by atoms with van der Waals surface area (Å²) in [6.07, 6.45) is 3.07. The maximum Gasteiger partial charge on any atom is 0.275 e. The van der Waals surface area contributed by atoms with Crippen molar-refractivity contribution in [2.24, 2.45) is 0 Å². The molecule has 0 aliphatic heterocycles. The molecule has 0 fully saturated rings. The summed E-state index contributed by atoms with van der Waals surface area (Å²) >= 11 is 0. The first-order valence-corrected chi connectivity index (χ1v) is 9.10. The minimum absolute atomic E-state index is 0.0571. The number of aromatic nitrogens is 2. The van der Waals surface area contributed by atoms with Crippen LogP contribution < -0.4 is 10.2 Å². The Morgan fingerprint density at radius 2 is 1.79 bits per heavy atom. The van der Waals surface area contributed by atoms with E-state index in [0.717, 1.165) is 13.1 Å². The van der Waals surface area contributed by atoms with Gasteiger partial charge in [-0.3, -0.25) is 9.59 Å². The smallest absolute Gasteiger partial charge is 0.275 e. The van der Waals surface area contributed by atoms with Crippen LogP contribution >= 0.6 is 0 Å². The Hall–Kier alpha value is -3.54. The van der Waals surface area contributed by atoms with Crippen molar-refractivity contribution >= 4 is 23.2 Å². The summed E-state index contributed by atoms with van der Waals surface area (Å²) in [5.41, 5.74) is 2.48. The van der Waals surface area contributed by atoms with Crippen molar-refractivity contribution in [2.75, 3.05) is 16.8 Å². The van der Waals surface area contributed by atoms with Crippen LogP contribution in [0.2, 0.25) is 0 Å². The molecule has 0 atom stereocenters. The summed E-state index contributed by atoms with van der Waals surface area (Å²) < 4.78 is 0. The Balaban J connectivity index is 1.70. The number of carbonyl (C=O) groups is 2. The van der Waals surface area contributed by atoms with E-state index in [1.807, 2.05) is 25.1 Å². The maximum absolute atomic E-state index is 12.4. The maximum atomic E-state index is 12.4. The molecule has 3 aromatic rings. The van der Waals surface area contributed by atoms with Gasteiger partial charge in [-0.2, -0.15) is 0 Å². The van der Waals surface area contributed by atoms with E-state index in [1.54, 1.807) is 30.5 Å². The van der Waals surface area contributed by atoms with Crippen LogP contribution in [0, 0.1) is 0 Å². The fraction of sp³-hybridized carbons (Fsp3) is 0.182. The Morgan fingerprint density at radius 1 is 1.00 bits per heavy atom. The van der Waals surface area contributed by atoms with Crippen molar-refractivity contribution in [2.45, 2.75) is 20.4 Å². The van der Waals surface area contributed by atoms with Gasteiger partial charge in [0, 0.05) is 24.3 Å². The summed E-state index contributed by atoms with van der Waals surface area (Å²) in [6, 6.07) is 16.9. The highest BCUT2D eigenvalue weighted by atomic mass is 16.2. The summed E-state index contributed by atoms with van der Waals surface area (Å²) in [5, 5.41) is 2.75. The monoisotopic (exact) mass is 374 g/mol. The SMILES string of the molecule is CCN(Cc1ccccc1)c1cnc(C(=O)Nc2cccc(C(C)=O)c2)cn1. The quantitative estimate of drug-likeness (QED) is 0.634. The molecule has 0 bridgehead atoms. The van der Waals surface area contributed by atoms with Gasteiger partial charge in [-0.15, -0.1) is 0 Å². The van der Waals surface area contributed by atoms with Crippen LogP contribution in [-0.4, -0.2) is 28.2 Å². The zero-order chi connectivity index (χ0) is 19.9. The van der Waals surface area contributed by atoms with Crippen molar-refractivity contribution in [3.63, 3.8) is 0 Å². The van der Waals surface area contributed by atoms with E-state index < -0.39 is 0 Å². The van der Waals surface area contributed by atoms with E-state index in [0.29, 0.717) is 17.1 Å². The molecule has 142 valence electrons. The van der Waals surface area contributed by atoms with Crippen LogP contribution in [0.25, 0.3) is 0 Å². The highest BCUT2D eigenvalue weighted by Gasteiger charge is 2.12. The van der Waals surface area contributed by atoms with E-state index >= 15 is 0 Å². The van der Waals surface area contributed by atoms with Gasteiger partial charge in [-0.25, -0.2) is 9.97 Å². The summed E-state index contributed by atoms with van der Waals surface area (Å²) in [4.78, 5) is 34.6. The lowest BCUT2D eigenvalue weighted by Crippen LogP contribution is -2.24. The van der Waals surface area contributed by atoms with Gasteiger partial charge < -0.3 is 10.2 Å². The Labute approximate surface area is 164 Å². The highest BCUT2D eigenvalue weighted by Crippen LogP contribution is 2.15. The minimum atomic E-state index is -0.370. The number of anilines is 2. The zero-order valence-electron chi connectivity index (χ0n) is 15.9. The first-order valence-electron chi connectivity index (χ1n) is 9.10. The molecular formula is C22H22N4O2. The normalized spacial score (nSPS) is 10.4. The van der Waals surface area contributed by atoms with E-state index in [1.165, 1.54) is 18.7 Å². The van der Waals surface area contributed by atoms with Crippen LogP contribution in [0.1, 0.15) is 40.3 Å². The average Bonchev–Trinajstić information content (AvgIpc) is 2.73. The number of benzene rings is 2. The number of nitrogens with one attached hydrogen (secondary N) is 1. The minimum Gasteiger partial charge on any atom is -0.351 e. The van der Waals surface area contributed by atoms with Gasteiger partial charge in [0.05, 0.1) is 12.4 Å². The number of carbonyl (C=O) groups excluding carboxylic acids is 2. The third-order valence-electron chi connectivity index (χ3n) is 4.32. The van der Waals surface area contributed by atoms with Crippen molar-refractivity contribution in [1.29, 1.82) is 0 Å². The second-order valence-electron chi connectivity index (χ2n) is 6.35. The number of rotatable bonds is 7. The first kappa shape index (κ1) is 19.2. The van der Waals surface area contributed by atoms with E-state index in [2.05, 4.69) is 32.3 Å². The third kappa shape index (κ3) is 4.79. The highest BCUT2D eigenvalue weighted by molar-refractivity contribution is 6.03. The fourth-order valence-corrected chi connectivity index (χ4v) is 2.77. The molecule has 2 aromatic carbocycles. The molecule has 0 unspecified atom stereocenters. The summed E-state index contributed by atoms with van der Waals surface area (Å²) in [7, 11) is 0. The predicted octanol–water partition coefficient (Wildman–Crippen LogP) is 3.96. The first-order chi connectivity index (χ1) is 13.6. The summed E-state index contributed by atoms with van der Waals surface area (Å²) in [5.74, 6) is 0.283. The number of hydrogen-bond acceptors (Lipinski definition) is 5. The second-order valence-corrected chi connectivity index (χ2v) is 6.35. The van der Waals surface area contributed by atoms with Crippen LogP contribution in [0.3, 0.4) is 0 Å². The molecule has 0 saturated carbocycles.